The average Bonchev–Trinajstić information content (AvgIpc) is 3.20. The highest BCUT2D eigenvalue weighted by molar-refractivity contribution is 5.69. The van der Waals surface area contributed by atoms with Gasteiger partial charge >= 0.3 is 0 Å². The number of ether oxygens (including phenoxy) is 1. The summed E-state index contributed by atoms with van der Waals surface area (Å²) in [5.74, 6) is 1.75. The molecule has 0 aliphatic carbocycles. The number of hydrogen-bond acceptors (Lipinski definition) is 2. The van der Waals surface area contributed by atoms with Crippen LogP contribution < -0.4 is 0 Å². The van der Waals surface area contributed by atoms with Crippen LogP contribution >= 0.6 is 0 Å². The zero-order valence-corrected chi connectivity index (χ0v) is 13.0. The van der Waals surface area contributed by atoms with Gasteiger partial charge in [-0.3, -0.25) is 4.57 Å². The summed E-state index contributed by atoms with van der Waals surface area (Å²) in [7, 11) is 0. The second-order valence-electron chi connectivity index (χ2n) is 5.66. The van der Waals surface area contributed by atoms with Gasteiger partial charge in [0.2, 0.25) is 5.88 Å². The number of nitrogens with zero attached hydrogens (tertiary/aromatic N) is 2. The van der Waals surface area contributed by atoms with Gasteiger partial charge in [-0.2, -0.15) is 0 Å². The predicted octanol–water partition coefficient (Wildman–Crippen LogP) is 4.52. The van der Waals surface area contributed by atoms with Crippen molar-refractivity contribution in [1.29, 1.82) is 0 Å². The zero-order valence-electron chi connectivity index (χ0n) is 13.0. The second kappa shape index (κ2) is 5.43. The van der Waals surface area contributed by atoms with Gasteiger partial charge in [0.15, 0.2) is 11.4 Å². The standard InChI is InChI=1S/C20H18N2O/c1-2-20(17-11-7-4-8-12-17)19-21-13-14-22(19)18(23-20)15-16-9-5-3-6-10-16/h3-15H,2H2,1H3/b18-15-. The van der Waals surface area contributed by atoms with Crippen molar-refractivity contribution < 1.29 is 4.74 Å². The molecule has 0 amide bonds. The van der Waals surface area contributed by atoms with Gasteiger partial charge in [0.05, 0.1) is 0 Å². The first kappa shape index (κ1) is 13.8. The first-order chi connectivity index (χ1) is 11.3. The lowest BCUT2D eigenvalue weighted by atomic mass is 9.90. The first-order valence-corrected chi connectivity index (χ1v) is 7.89. The molecule has 0 spiro atoms. The van der Waals surface area contributed by atoms with Gasteiger partial charge in [-0.25, -0.2) is 4.98 Å². The summed E-state index contributed by atoms with van der Waals surface area (Å²) in [6.07, 6.45) is 6.68. The van der Waals surface area contributed by atoms with E-state index in [1.165, 1.54) is 0 Å². The lowest BCUT2D eigenvalue weighted by Crippen LogP contribution is -2.26. The van der Waals surface area contributed by atoms with Crippen LogP contribution in [0.25, 0.3) is 12.0 Å². The van der Waals surface area contributed by atoms with E-state index in [4.69, 9.17) is 4.74 Å². The summed E-state index contributed by atoms with van der Waals surface area (Å²) in [5.41, 5.74) is 1.72. The fourth-order valence-corrected chi connectivity index (χ4v) is 3.17. The fraction of sp³-hybridized carbons (Fsp3) is 0.150. The molecule has 23 heavy (non-hydrogen) atoms. The maximum atomic E-state index is 6.46. The molecule has 114 valence electrons. The van der Waals surface area contributed by atoms with Gasteiger partial charge in [-0.1, -0.05) is 67.6 Å². The molecule has 0 radical (unpaired) electrons. The monoisotopic (exact) mass is 302 g/mol. The minimum absolute atomic E-state index is 0.522. The van der Waals surface area contributed by atoms with Gasteiger partial charge in [0.25, 0.3) is 0 Å². The van der Waals surface area contributed by atoms with Crippen LogP contribution in [0.3, 0.4) is 0 Å². The molecule has 2 aromatic carbocycles. The normalized spacial score (nSPS) is 21.2. The molecule has 1 atom stereocenters. The van der Waals surface area contributed by atoms with Crippen molar-refractivity contribution in [3.63, 3.8) is 0 Å². The van der Waals surface area contributed by atoms with Crippen molar-refractivity contribution in [3.05, 3.63) is 90.0 Å². The molecule has 1 aromatic heterocycles. The molecule has 4 rings (SSSR count). The van der Waals surface area contributed by atoms with E-state index in [-0.39, 0.29) is 0 Å². The number of fused-ring (bicyclic) bond motifs is 1. The van der Waals surface area contributed by atoms with Crippen molar-refractivity contribution in [2.75, 3.05) is 0 Å². The van der Waals surface area contributed by atoms with E-state index in [0.29, 0.717) is 0 Å². The van der Waals surface area contributed by atoms with E-state index in [1.54, 1.807) is 0 Å². The van der Waals surface area contributed by atoms with Crippen molar-refractivity contribution >= 4 is 12.0 Å². The average molecular weight is 302 g/mol. The number of benzene rings is 2. The van der Waals surface area contributed by atoms with E-state index in [2.05, 4.69) is 42.2 Å². The van der Waals surface area contributed by atoms with Crippen molar-refractivity contribution in [2.45, 2.75) is 18.9 Å². The SMILES string of the molecule is CCC1(c2ccccc2)O/C(=C\c2ccccc2)n2ccnc21. The lowest BCUT2D eigenvalue weighted by molar-refractivity contribution is 0.0875. The Morgan fingerprint density at radius 2 is 1.74 bits per heavy atom. The Balaban J connectivity index is 1.85. The quantitative estimate of drug-likeness (QED) is 0.711. The molecular formula is C20H18N2O. The number of hydrogen-bond donors (Lipinski definition) is 0. The van der Waals surface area contributed by atoms with Gasteiger partial charge in [0, 0.05) is 24.0 Å². The van der Waals surface area contributed by atoms with Crippen molar-refractivity contribution in [1.82, 2.24) is 9.55 Å². The first-order valence-electron chi connectivity index (χ1n) is 7.89. The molecule has 0 bridgehead atoms. The molecule has 0 saturated carbocycles. The Kier molecular flexibility index (Phi) is 3.27. The van der Waals surface area contributed by atoms with Crippen LogP contribution in [0.15, 0.2) is 73.1 Å². The van der Waals surface area contributed by atoms with Crippen LogP contribution in [-0.2, 0) is 10.3 Å². The summed E-state index contributed by atoms with van der Waals surface area (Å²) in [5, 5.41) is 0. The van der Waals surface area contributed by atoms with Crippen LogP contribution in [-0.4, -0.2) is 9.55 Å². The maximum Gasteiger partial charge on any atom is 0.201 e. The number of aromatic nitrogens is 2. The minimum Gasteiger partial charge on any atom is -0.459 e. The summed E-state index contributed by atoms with van der Waals surface area (Å²) in [6, 6.07) is 20.5. The van der Waals surface area contributed by atoms with Gasteiger partial charge in [-0.15, -0.1) is 0 Å². The lowest BCUT2D eigenvalue weighted by Gasteiger charge is -2.26. The zero-order chi connectivity index (χ0) is 15.7. The third-order valence-electron chi connectivity index (χ3n) is 4.35. The molecule has 3 aromatic rings. The minimum atomic E-state index is -0.522. The summed E-state index contributed by atoms with van der Waals surface area (Å²) < 4.78 is 8.51. The smallest absolute Gasteiger partial charge is 0.201 e. The molecule has 2 heterocycles. The van der Waals surface area contributed by atoms with Gasteiger partial charge < -0.3 is 4.74 Å². The summed E-state index contributed by atoms with van der Waals surface area (Å²) in [4.78, 5) is 4.59. The van der Waals surface area contributed by atoms with Crippen LogP contribution in [0, 0.1) is 0 Å². The second-order valence-corrected chi connectivity index (χ2v) is 5.66. The largest absolute Gasteiger partial charge is 0.459 e. The molecule has 1 unspecified atom stereocenters. The van der Waals surface area contributed by atoms with E-state index in [1.807, 2.05) is 53.4 Å². The Hall–Kier alpha value is -2.81. The topological polar surface area (TPSA) is 27.1 Å². The van der Waals surface area contributed by atoms with E-state index in [0.717, 1.165) is 29.3 Å². The molecule has 0 N–H and O–H groups in total. The molecule has 0 fully saturated rings. The Morgan fingerprint density at radius 1 is 1.04 bits per heavy atom. The van der Waals surface area contributed by atoms with Crippen LogP contribution in [0.5, 0.6) is 0 Å². The van der Waals surface area contributed by atoms with Crippen LogP contribution in [0.1, 0.15) is 30.3 Å². The third-order valence-corrected chi connectivity index (χ3v) is 4.35. The molecule has 3 heteroatoms. The Labute approximate surface area is 135 Å². The van der Waals surface area contributed by atoms with Crippen LogP contribution in [0.2, 0.25) is 0 Å². The predicted molar refractivity (Wildman–Crippen MR) is 91.4 cm³/mol. The number of rotatable bonds is 3. The van der Waals surface area contributed by atoms with E-state index >= 15 is 0 Å². The van der Waals surface area contributed by atoms with Crippen LogP contribution in [0.4, 0.5) is 0 Å². The van der Waals surface area contributed by atoms with E-state index in [9.17, 15) is 0 Å². The third kappa shape index (κ3) is 2.16. The summed E-state index contributed by atoms with van der Waals surface area (Å²) >= 11 is 0. The Bertz CT molecular complexity index is 836. The van der Waals surface area contributed by atoms with Crippen molar-refractivity contribution in [3.8, 4) is 0 Å². The molecular weight excluding hydrogens is 284 g/mol. The highest BCUT2D eigenvalue weighted by Gasteiger charge is 2.45. The summed E-state index contributed by atoms with van der Waals surface area (Å²) in [6.45, 7) is 2.14. The molecule has 3 nitrogen and oxygen atoms in total. The highest BCUT2D eigenvalue weighted by Crippen LogP contribution is 2.45. The molecule has 0 saturated heterocycles. The van der Waals surface area contributed by atoms with E-state index < -0.39 is 5.60 Å². The van der Waals surface area contributed by atoms with Gasteiger partial charge in [0.1, 0.15) is 0 Å². The molecule has 1 aliphatic rings. The van der Waals surface area contributed by atoms with Crippen molar-refractivity contribution in [2.24, 2.45) is 0 Å². The fourth-order valence-electron chi connectivity index (χ4n) is 3.17. The van der Waals surface area contributed by atoms with Gasteiger partial charge in [-0.05, 0) is 12.0 Å². The molecule has 1 aliphatic heterocycles. The maximum absolute atomic E-state index is 6.46. The highest BCUT2D eigenvalue weighted by atomic mass is 16.5. The number of imidazole rings is 1. The Morgan fingerprint density at radius 3 is 2.43 bits per heavy atom.